The van der Waals surface area contributed by atoms with Crippen molar-refractivity contribution in [2.75, 3.05) is 20.1 Å². The lowest BCUT2D eigenvalue weighted by Gasteiger charge is -2.29. The molecule has 0 spiro atoms. The van der Waals surface area contributed by atoms with Crippen LogP contribution in [0.1, 0.15) is 47.0 Å². The molecule has 2 N–H and O–H groups in total. The number of rotatable bonds is 7. The molecule has 0 radical (unpaired) electrons. The maximum absolute atomic E-state index is 13.3. The second kappa shape index (κ2) is 9.88. The standard InChI is InChI=1S/C28H29ClN4O2S/c1-33-13-10-21(11-14-33)35-20-7-4-17(5-8-20)25-22-16-19(6-9-24(22)31-32-25)28(34)30-26(18-2-3-18)27-23(29)12-15-36-27/h4-9,12,15-16,18,21,26H,2-3,10-11,13-14H2,1H3,(H,30,34)(H,31,32)/t26-/m1/s1. The molecule has 1 saturated carbocycles. The summed E-state index contributed by atoms with van der Waals surface area (Å²) in [6.45, 7) is 2.14. The third-order valence-electron chi connectivity index (χ3n) is 7.23. The average Bonchev–Trinajstić information content (AvgIpc) is 3.51. The molecular weight excluding hydrogens is 492 g/mol. The number of hydrogen-bond donors (Lipinski definition) is 2. The largest absolute Gasteiger partial charge is 0.490 e. The van der Waals surface area contributed by atoms with Crippen molar-refractivity contribution in [1.29, 1.82) is 0 Å². The van der Waals surface area contributed by atoms with Gasteiger partial charge >= 0.3 is 0 Å². The maximum atomic E-state index is 13.3. The fourth-order valence-electron chi connectivity index (χ4n) is 4.94. The van der Waals surface area contributed by atoms with E-state index in [0.29, 0.717) is 11.5 Å². The molecule has 3 heterocycles. The lowest BCUT2D eigenvalue weighted by molar-refractivity contribution is 0.0932. The molecule has 6 nitrogen and oxygen atoms in total. The van der Waals surface area contributed by atoms with E-state index in [9.17, 15) is 4.79 Å². The number of thiophene rings is 1. The van der Waals surface area contributed by atoms with E-state index in [1.54, 1.807) is 11.3 Å². The third-order valence-corrected chi connectivity index (χ3v) is 8.67. The van der Waals surface area contributed by atoms with Gasteiger partial charge in [0.2, 0.25) is 0 Å². The van der Waals surface area contributed by atoms with E-state index in [1.807, 2.05) is 53.9 Å². The molecule has 186 valence electrons. The highest BCUT2D eigenvalue weighted by Crippen LogP contribution is 2.45. The topological polar surface area (TPSA) is 70.2 Å². The van der Waals surface area contributed by atoms with Crippen LogP contribution in [0.5, 0.6) is 5.75 Å². The number of benzene rings is 2. The molecule has 2 aromatic carbocycles. The number of nitrogens with zero attached hydrogens (tertiary/aromatic N) is 2. The van der Waals surface area contributed by atoms with Crippen LogP contribution in [0.25, 0.3) is 22.2 Å². The lowest BCUT2D eigenvalue weighted by Crippen LogP contribution is -2.35. The van der Waals surface area contributed by atoms with Crippen molar-refractivity contribution in [2.45, 2.75) is 37.8 Å². The zero-order valence-electron chi connectivity index (χ0n) is 20.2. The van der Waals surface area contributed by atoms with Gasteiger partial charge in [-0.05, 0) is 92.6 Å². The minimum Gasteiger partial charge on any atom is -0.490 e. The van der Waals surface area contributed by atoms with Crippen LogP contribution >= 0.6 is 22.9 Å². The average molecular weight is 521 g/mol. The van der Waals surface area contributed by atoms with E-state index in [1.165, 1.54) is 0 Å². The van der Waals surface area contributed by atoms with Crippen molar-refractivity contribution in [2.24, 2.45) is 5.92 Å². The molecule has 0 bridgehead atoms. The predicted octanol–water partition coefficient (Wildman–Crippen LogP) is 6.30. The summed E-state index contributed by atoms with van der Waals surface area (Å²) in [5, 5.41) is 14.5. The monoisotopic (exact) mass is 520 g/mol. The molecule has 1 atom stereocenters. The highest BCUT2D eigenvalue weighted by Gasteiger charge is 2.35. The SMILES string of the molecule is CN1CCC(Oc2ccc(-c3n[nH]c4ccc(C(=O)N[C@@H](c5sccc5Cl)C5CC5)cc34)cc2)CC1. The van der Waals surface area contributed by atoms with Crippen LogP contribution in [-0.4, -0.2) is 47.2 Å². The number of carbonyl (C=O) groups excluding carboxylic acids is 1. The minimum absolute atomic E-state index is 0.0402. The number of likely N-dealkylation sites (tertiary alicyclic amines) is 1. The molecule has 2 fully saturated rings. The first-order valence-corrected chi connectivity index (χ1v) is 13.8. The van der Waals surface area contributed by atoms with Crippen LogP contribution in [0.4, 0.5) is 0 Å². The normalized spacial score (nSPS) is 17.8. The van der Waals surface area contributed by atoms with E-state index >= 15 is 0 Å². The Morgan fingerprint density at radius 3 is 2.61 bits per heavy atom. The number of aromatic amines is 1. The Labute approximate surface area is 219 Å². The van der Waals surface area contributed by atoms with Crippen molar-refractivity contribution < 1.29 is 9.53 Å². The number of piperidine rings is 1. The van der Waals surface area contributed by atoms with Gasteiger partial charge in [-0.3, -0.25) is 9.89 Å². The molecule has 36 heavy (non-hydrogen) atoms. The number of carbonyl (C=O) groups is 1. The minimum atomic E-state index is -0.0905. The van der Waals surface area contributed by atoms with Crippen molar-refractivity contribution >= 4 is 39.7 Å². The van der Waals surface area contributed by atoms with Gasteiger partial charge in [-0.25, -0.2) is 0 Å². The Kier molecular flexibility index (Phi) is 6.46. The number of nitrogens with one attached hydrogen (secondary N) is 2. The molecular formula is C28H29ClN4O2S. The van der Waals surface area contributed by atoms with Gasteiger partial charge in [0.25, 0.3) is 5.91 Å². The summed E-state index contributed by atoms with van der Waals surface area (Å²) in [4.78, 5) is 16.6. The van der Waals surface area contributed by atoms with E-state index in [2.05, 4.69) is 27.5 Å². The number of hydrogen-bond acceptors (Lipinski definition) is 5. The molecule has 0 unspecified atom stereocenters. The first-order chi connectivity index (χ1) is 17.5. The van der Waals surface area contributed by atoms with Crippen LogP contribution in [0.3, 0.4) is 0 Å². The summed E-state index contributed by atoms with van der Waals surface area (Å²) in [7, 11) is 2.15. The Hall–Kier alpha value is -2.87. The zero-order valence-corrected chi connectivity index (χ0v) is 21.7. The maximum Gasteiger partial charge on any atom is 0.251 e. The van der Waals surface area contributed by atoms with Crippen molar-refractivity contribution in [3.05, 3.63) is 69.4 Å². The zero-order chi connectivity index (χ0) is 24.6. The molecule has 1 amide bonds. The van der Waals surface area contributed by atoms with Crippen LogP contribution in [0.2, 0.25) is 5.02 Å². The third kappa shape index (κ3) is 4.88. The van der Waals surface area contributed by atoms with Gasteiger partial charge in [-0.1, -0.05) is 11.6 Å². The van der Waals surface area contributed by atoms with Crippen molar-refractivity contribution in [3.63, 3.8) is 0 Å². The van der Waals surface area contributed by atoms with Crippen molar-refractivity contribution in [1.82, 2.24) is 20.4 Å². The van der Waals surface area contributed by atoms with Gasteiger partial charge in [0.05, 0.1) is 22.3 Å². The molecule has 2 aromatic heterocycles. The summed E-state index contributed by atoms with van der Waals surface area (Å²) in [6, 6.07) is 15.6. The van der Waals surface area contributed by atoms with Crippen LogP contribution in [0.15, 0.2) is 53.9 Å². The Bertz CT molecular complexity index is 1370. The van der Waals surface area contributed by atoms with E-state index < -0.39 is 0 Å². The summed E-state index contributed by atoms with van der Waals surface area (Å²) < 4.78 is 6.20. The fourth-order valence-corrected chi connectivity index (χ4v) is 6.26. The van der Waals surface area contributed by atoms with E-state index in [0.717, 1.165) is 76.6 Å². The summed E-state index contributed by atoms with van der Waals surface area (Å²) in [6.07, 6.45) is 4.59. The van der Waals surface area contributed by atoms with Gasteiger partial charge < -0.3 is 15.0 Å². The molecule has 1 saturated heterocycles. The van der Waals surface area contributed by atoms with Crippen LogP contribution in [-0.2, 0) is 0 Å². The summed E-state index contributed by atoms with van der Waals surface area (Å²) in [5.41, 5.74) is 3.32. The van der Waals surface area contributed by atoms with E-state index in [-0.39, 0.29) is 18.1 Å². The number of amides is 1. The molecule has 8 heteroatoms. The Morgan fingerprint density at radius 1 is 1.14 bits per heavy atom. The molecule has 1 aliphatic heterocycles. The van der Waals surface area contributed by atoms with Crippen LogP contribution < -0.4 is 10.1 Å². The Morgan fingerprint density at radius 2 is 1.92 bits per heavy atom. The molecule has 6 rings (SSSR count). The van der Waals surface area contributed by atoms with E-state index in [4.69, 9.17) is 16.3 Å². The second-order valence-electron chi connectivity index (χ2n) is 9.90. The second-order valence-corrected chi connectivity index (χ2v) is 11.3. The number of fused-ring (bicyclic) bond motifs is 1. The number of aromatic nitrogens is 2. The fraction of sp³-hybridized carbons (Fsp3) is 0.357. The van der Waals surface area contributed by atoms with Gasteiger partial charge in [0.1, 0.15) is 11.9 Å². The predicted molar refractivity (Wildman–Crippen MR) is 145 cm³/mol. The quantitative estimate of drug-likeness (QED) is 0.300. The first kappa shape index (κ1) is 23.5. The van der Waals surface area contributed by atoms with Gasteiger partial charge in [-0.15, -0.1) is 11.3 Å². The lowest BCUT2D eigenvalue weighted by atomic mass is 10.0. The smallest absolute Gasteiger partial charge is 0.251 e. The number of H-pyrrole nitrogens is 1. The highest BCUT2D eigenvalue weighted by atomic mass is 35.5. The van der Waals surface area contributed by atoms with Gasteiger partial charge in [-0.2, -0.15) is 5.10 Å². The van der Waals surface area contributed by atoms with Crippen molar-refractivity contribution in [3.8, 4) is 17.0 Å². The van der Waals surface area contributed by atoms with Gasteiger partial charge in [0.15, 0.2) is 0 Å². The summed E-state index contributed by atoms with van der Waals surface area (Å²) in [5.74, 6) is 1.24. The molecule has 2 aliphatic rings. The highest BCUT2D eigenvalue weighted by molar-refractivity contribution is 7.10. The number of halogens is 1. The van der Waals surface area contributed by atoms with Crippen LogP contribution in [0, 0.1) is 5.92 Å². The molecule has 4 aromatic rings. The Balaban J connectivity index is 1.20. The number of ether oxygens (including phenoxy) is 1. The summed E-state index contributed by atoms with van der Waals surface area (Å²) >= 11 is 8.00. The first-order valence-electron chi connectivity index (χ1n) is 12.5. The van der Waals surface area contributed by atoms with Gasteiger partial charge in [0, 0.05) is 34.5 Å². The molecule has 1 aliphatic carbocycles.